The van der Waals surface area contributed by atoms with E-state index in [9.17, 15) is 4.79 Å². The number of hydrogen-bond acceptors (Lipinski definition) is 4. The van der Waals surface area contributed by atoms with E-state index in [1.54, 1.807) is 6.33 Å². The lowest BCUT2D eigenvalue weighted by molar-refractivity contribution is 0.0504. The Morgan fingerprint density at radius 3 is 2.71 bits per heavy atom. The Morgan fingerprint density at radius 1 is 1.65 bits per heavy atom. The van der Waals surface area contributed by atoms with Gasteiger partial charge in [-0.05, 0) is 27.7 Å². The van der Waals surface area contributed by atoms with E-state index < -0.39 is 11.7 Å². The molecule has 1 amide bonds. The van der Waals surface area contributed by atoms with E-state index >= 15 is 0 Å². The summed E-state index contributed by atoms with van der Waals surface area (Å²) in [6, 6.07) is -0.337. The van der Waals surface area contributed by atoms with Crippen LogP contribution in [0.15, 0.2) is 6.33 Å². The third-order valence-corrected chi connectivity index (χ3v) is 2.13. The summed E-state index contributed by atoms with van der Waals surface area (Å²) in [6.07, 6.45) is 1.08. The van der Waals surface area contributed by atoms with Gasteiger partial charge in [0.1, 0.15) is 5.60 Å². The monoisotopic (exact) mass is 240 g/mol. The molecule has 0 aliphatic heterocycles. The molecular weight excluding hydrogens is 220 g/mol. The van der Waals surface area contributed by atoms with Crippen LogP contribution in [0, 0.1) is 6.92 Å². The average molecular weight is 240 g/mol. The van der Waals surface area contributed by atoms with Crippen LogP contribution in [0.4, 0.5) is 4.79 Å². The van der Waals surface area contributed by atoms with Gasteiger partial charge in [0, 0.05) is 12.2 Å². The molecule has 4 N–H and O–H groups in total. The fourth-order valence-corrected chi connectivity index (χ4v) is 1.41. The lowest BCUT2D eigenvalue weighted by Gasteiger charge is -2.22. The molecule has 0 saturated carbocycles. The first-order chi connectivity index (χ1) is 7.83. The Morgan fingerprint density at radius 2 is 2.29 bits per heavy atom. The molecule has 0 aliphatic carbocycles. The third-order valence-electron chi connectivity index (χ3n) is 2.13. The van der Waals surface area contributed by atoms with Crippen molar-refractivity contribution in [3.05, 3.63) is 17.7 Å². The minimum atomic E-state index is -0.524. The van der Waals surface area contributed by atoms with Crippen LogP contribution in [0.1, 0.15) is 38.2 Å². The summed E-state index contributed by atoms with van der Waals surface area (Å²) in [5.41, 5.74) is 6.72. The first kappa shape index (κ1) is 13.5. The number of aromatic nitrogens is 2. The van der Waals surface area contributed by atoms with Crippen LogP contribution < -0.4 is 11.1 Å². The maximum Gasteiger partial charge on any atom is 0.408 e. The molecule has 0 radical (unpaired) electrons. The van der Waals surface area contributed by atoms with Gasteiger partial charge in [-0.1, -0.05) is 0 Å². The largest absolute Gasteiger partial charge is 0.444 e. The van der Waals surface area contributed by atoms with Crippen LogP contribution in [-0.2, 0) is 4.74 Å². The number of carbonyl (C=O) groups is 1. The fraction of sp³-hybridized carbons (Fsp3) is 0.636. The standard InChI is InChI=1S/C11H20N4O2/c1-7-9(14-6-13-7)8(5-12)15-10(16)17-11(2,3)4/h6,8H,5,12H2,1-4H3,(H,13,14)(H,15,16). The summed E-state index contributed by atoms with van der Waals surface area (Å²) in [6.45, 7) is 7.57. The normalized spacial score (nSPS) is 13.2. The Hall–Kier alpha value is -1.56. The Labute approximate surface area is 101 Å². The zero-order valence-electron chi connectivity index (χ0n) is 10.7. The van der Waals surface area contributed by atoms with Crippen molar-refractivity contribution in [2.24, 2.45) is 5.73 Å². The highest BCUT2D eigenvalue weighted by molar-refractivity contribution is 5.68. The van der Waals surface area contributed by atoms with Gasteiger partial charge in [-0.15, -0.1) is 0 Å². The lowest BCUT2D eigenvalue weighted by atomic mass is 10.2. The summed E-state index contributed by atoms with van der Waals surface area (Å²) < 4.78 is 5.16. The molecule has 0 bridgehead atoms. The predicted molar refractivity (Wildman–Crippen MR) is 64.5 cm³/mol. The number of rotatable bonds is 3. The number of imidazole rings is 1. The smallest absolute Gasteiger partial charge is 0.408 e. The summed E-state index contributed by atoms with van der Waals surface area (Å²) in [5.74, 6) is 0. The van der Waals surface area contributed by atoms with Crippen molar-refractivity contribution in [3.63, 3.8) is 0 Å². The molecule has 1 heterocycles. The molecule has 0 spiro atoms. The van der Waals surface area contributed by atoms with Crippen molar-refractivity contribution in [2.75, 3.05) is 6.54 Å². The number of alkyl carbamates (subject to hydrolysis) is 1. The van der Waals surface area contributed by atoms with Crippen LogP contribution in [0.5, 0.6) is 0 Å². The molecule has 0 fully saturated rings. The number of nitrogens with one attached hydrogen (secondary N) is 2. The van der Waals surface area contributed by atoms with Gasteiger partial charge in [0.25, 0.3) is 0 Å². The fourth-order valence-electron chi connectivity index (χ4n) is 1.41. The molecule has 0 aliphatic rings. The maximum absolute atomic E-state index is 11.6. The first-order valence-corrected chi connectivity index (χ1v) is 5.53. The van der Waals surface area contributed by atoms with Crippen molar-refractivity contribution >= 4 is 6.09 Å². The number of amides is 1. The van der Waals surface area contributed by atoms with Crippen molar-refractivity contribution in [1.82, 2.24) is 15.3 Å². The number of nitrogens with zero attached hydrogens (tertiary/aromatic N) is 1. The number of aryl methyl sites for hydroxylation is 1. The molecule has 1 aromatic rings. The Bertz CT molecular complexity index is 381. The van der Waals surface area contributed by atoms with E-state index in [1.807, 2.05) is 27.7 Å². The number of ether oxygens (including phenoxy) is 1. The van der Waals surface area contributed by atoms with Gasteiger partial charge in [-0.2, -0.15) is 0 Å². The zero-order chi connectivity index (χ0) is 13.1. The summed E-state index contributed by atoms with van der Waals surface area (Å²) >= 11 is 0. The van der Waals surface area contributed by atoms with Gasteiger partial charge in [0.05, 0.1) is 18.1 Å². The summed E-state index contributed by atoms with van der Waals surface area (Å²) in [4.78, 5) is 18.7. The van der Waals surface area contributed by atoms with Crippen molar-refractivity contribution in [1.29, 1.82) is 0 Å². The molecule has 96 valence electrons. The quantitative estimate of drug-likeness (QED) is 0.741. The second-order valence-corrected chi connectivity index (χ2v) is 4.85. The second kappa shape index (κ2) is 5.18. The van der Waals surface area contributed by atoms with Gasteiger partial charge in [0.15, 0.2) is 0 Å². The highest BCUT2D eigenvalue weighted by Gasteiger charge is 2.21. The highest BCUT2D eigenvalue weighted by Crippen LogP contribution is 2.14. The van der Waals surface area contributed by atoms with E-state index in [1.165, 1.54) is 0 Å². The minimum absolute atomic E-state index is 0.269. The van der Waals surface area contributed by atoms with Crippen LogP contribution in [0.2, 0.25) is 0 Å². The Kier molecular flexibility index (Phi) is 4.11. The van der Waals surface area contributed by atoms with Crippen LogP contribution in [0.3, 0.4) is 0 Å². The van der Waals surface area contributed by atoms with E-state index in [-0.39, 0.29) is 12.6 Å². The van der Waals surface area contributed by atoms with Crippen molar-refractivity contribution in [3.8, 4) is 0 Å². The highest BCUT2D eigenvalue weighted by atomic mass is 16.6. The number of carbonyl (C=O) groups excluding carboxylic acids is 1. The van der Waals surface area contributed by atoms with Gasteiger partial charge < -0.3 is 20.8 Å². The number of hydrogen-bond donors (Lipinski definition) is 3. The van der Waals surface area contributed by atoms with Crippen molar-refractivity contribution < 1.29 is 9.53 Å². The van der Waals surface area contributed by atoms with Crippen LogP contribution in [-0.4, -0.2) is 28.2 Å². The van der Waals surface area contributed by atoms with E-state index in [0.29, 0.717) is 0 Å². The molecule has 1 aromatic heterocycles. The maximum atomic E-state index is 11.6. The van der Waals surface area contributed by atoms with E-state index in [2.05, 4.69) is 15.3 Å². The molecule has 6 heteroatoms. The zero-order valence-corrected chi connectivity index (χ0v) is 10.7. The molecule has 0 aromatic carbocycles. The van der Waals surface area contributed by atoms with Crippen LogP contribution in [0.25, 0.3) is 0 Å². The number of H-pyrrole nitrogens is 1. The molecule has 17 heavy (non-hydrogen) atoms. The molecule has 6 nitrogen and oxygen atoms in total. The van der Waals surface area contributed by atoms with Gasteiger partial charge >= 0.3 is 6.09 Å². The van der Waals surface area contributed by atoms with Crippen molar-refractivity contribution in [2.45, 2.75) is 39.3 Å². The lowest BCUT2D eigenvalue weighted by Crippen LogP contribution is -2.38. The predicted octanol–water partition coefficient (Wildman–Crippen LogP) is 1.24. The second-order valence-electron chi connectivity index (χ2n) is 4.85. The van der Waals surface area contributed by atoms with Gasteiger partial charge in [0.2, 0.25) is 0 Å². The molecule has 1 atom stereocenters. The summed E-state index contributed by atoms with van der Waals surface area (Å²) in [5, 5.41) is 2.70. The van der Waals surface area contributed by atoms with Crippen LogP contribution >= 0.6 is 0 Å². The Balaban J connectivity index is 2.66. The van der Waals surface area contributed by atoms with E-state index in [0.717, 1.165) is 11.4 Å². The number of aromatic amines is 1. The van der Waals surface area contributed by atoms with E-state index in [4.69, 9.17) is 10.5 Å². The minimum Gasteiger partial charge on any atom is -0.444 e. The molecule has 0 saturated heterocycles. The molecule has 1 rings (SSSR count). The first-order valence-electron chi connectivity index (χ1n) is 5.53. The summed E-state index contributed by atoms with van der Waals surface area (Å²) in [7, 11) is 0. The SMILES string of the molecule is Cc1[nH]cnc1C(CN)NC(=O)OC(C)(C)C. The number of nitrogens with two attached hydrogens (primary N) is 1. The molecule has 1 unspecified atom stereocenters. The van der Waals surface area contributed by atoms with Gasteiger partial charge in [-0.3, -0.25) is 0 Å². The molecular formula is C11H20N4O2. The topological polar surface area (TPSA) is 93.0 Å². The van der Waals surface area contributed by atoms with Gasteiger partial charge in [-0.25, -0.2) is 9.78 Å². The average Bonchev–Trinajstić information content (AvgIpc) is 2.58. The third kappa shape index (κ3) is 4.07.